The van der Waals surface area contributed by atoms with Gasteiger partial charge in [0.2, 0.25) is 0 Å². The standard InChI is InChI=1S/C8H10N2O3S/c11-5-6-4-7(9-2-1-3-9)8(14-6)10(12)13/h4,11H,1-3,5H2. The van der Waals surface area contributed by atoms with Crippen LogP contribution in [0.2, 0.25) is 0 Å². The number of thiophene rings is 1. The molecule has 2 heterocycles. The summed E-state index contributed by atoms with van der Waals surface area (Å²) in [6.07, 6.45) is 1.08. The highest BCUT2D eigenvalue weighted by atomic mass is 32.1. The smallest absolute Gasteiger partial charge is 0.347 e. The van der Waals surface area contributed by atoms with Gasteiger partial charge in [-0.3, -0.25) is 10.1 Å². The first kappa shape index (κ1) is 9.42. The molecule has 6 heteroatoms. The van der Waals surface area contributed by atoms with Crippen molar-refractivity contribution < 1.29 is 10.0 Å². The minimum atomic E-state index is -0.377. The maximum absolute atomic E-state index is 10.7. The van der Waals surface area contributed by atoms with Gasteiger partial charge in [0, 0.05) is 18.0 Å². The molecule has 1 aliphatic rings. The number of aliphatic hydroxyl groups excluding tert-OH is 1. The van der Waals surface area contributed by atoms with Gasteiger partial charge in [0.15, 0.2) is 0 Å². The van der Waals surface area contributed by atoms with E-state index in [-0.39, 0.29) is 16.5 Å². The Hall–Kier alpha value is -1.14. The Balaban J connectivity index is 2.34. The zero-order valence-corrected chi connectivity index (χ0v) is 8.29. The zero-order valence-electron chi connectivity index (χ0n) is 7.47. The molecule has 1 fully saturated rings. The Kier molecular flexibility index (Phi) is 2.39. The third-order valence-electron chi connectivity index (χ3n) is 2.26. The quantitative estimate of drug-likeness (QED) is 0.609. The van der Waals surface area contributed by atoms with Crippen LogP contribution in [0.25, 0.3) is 0 Å². The molecule has 0 aromatic carbocycles. The van der Waals surface area contributed by atoms with Crippen molar-refractivity contribution in [3.05, 3.63) is 21.1 Å². The van der Waals surface area contributed by atoms with Crippen LogP contribution in [-0.2, 0) is 6.61 Å². The zero-order chi connectivity index (χ0) is 10.1. The summed E-state index contributed by atoms with van der Waals surface area (Å²) in [6, 6.07) is 1.71. The van der Waals surface area contributed by atoms with E-state index in [0.717, 1.165) is 30.8 Å². The van der Waals surface area contributed by atoms with E-state index in [2.05, 4.69) is 0 Å². The van der Waals surface area contributed by atoms with Crippen molar-refractivity contribution in [1.29, 1.82) is 0 Å². The van der Waals surface area contributed by atoms with Crippen LogP contribution in [-0.4, -0.2) is 23.1 Å². The molecule has 0 amide bonds. The Morgan fingerprint density at radius 2 is 2.36 bits per heavy atom. The van der Waals surface area contributed by atoms with Crippen molar-refractivity contribution in [2.24, 2.45) is 0 Å². The molecule has 1 aromatic rings. The van der Waals surface area contributed by atoms with Crippen LogP contribution in [0.3, 0.4) is 0 Å². The Morgan fingerprint density at radius 1 is 1.64 bits per heavy atom. The highest BCUT2D eigenvalue weighted by Crippen LogP contribution is 2.39. The van der Waals surface area contributed by atoms with Crippen LogP contribution in [0.15, 0.2) is 6.07 Å². The minimum Gasteiger partial charge on any atom is -0.391 e. The first-order valence-electron chi connectivity index (χ1n) is 4.35. The second kappa shape index (κ2) is 3.55. The summed E-state index contributed by atoms with van der Waals surface area (Å²) < 4.78 is 0. The Labute approximate surface area is 84.7 Å². The summed E-state index contributed by atoms with van der Waals surface area (Å²) in [6.45, 7) is 1.63. The summed E-state index contributed by atoms with van der Waals surface area (Å²) in [7, 11) is 0. The maximum atomic E-state index is 10.7. The summed E-state index contributed by atoms with van der Waals surface area (Å²) in [5.41, 5.74) is 0.662. The van der Waals surface area contributed by atoms with Crippen molar-refractivity contribution in [1.82, 2.24) is 0 Å². The monoisotopic (exact) mass is 214 g/mol. The minimum absolute atomic E-state index is 0.126. The number of rotatable bonds is 3. The molecule has 2 rings (SSSR count). The molecule has 0 atom stereocenters. The van der Waals surface area contributed by atoms with Crippen LogP contribution in [0.5, 0.6) is 0 Å². The fourth-order valence-electron chi connectivity index (χ4n) is 1.41. The van der Waals surface area contributed by atoms with Gasteiger partial charge in [-0.25, -0.2) is 0 Å². The molecule has 1 N–H and O–H groups in total. The van der Waals surface area contributed by atoms with E-state index in [4.69, 9.17) is 5.11 Å². The van der Waals surface area contributed by atoms with Crippen molar-refractivity contribution in [3.63, 3.8) is 0 Å². The van der Waals surface area contributed by atoms with Gasteiger partial charge in [0.1, 0.15) is 5.69 Å². The van der Waals surface area contributed by atoms with Gasteiger partial charge in [-0.2, -0.15) is 0 Å². The first-order chi connectivity index (χ1) is 6.72. The van der Waals surface area contributed by atoms with Crippen LogP contribution in [0.1, 0.15) is 11.3 Å². The average molecular weight is 214 g/mol. The summed E-state index contributed by atoms with van der Waals surface area (Å²) in [4.78, 5) is 12.9. The predicted molar refractivity (Wildman–Crippen MR) is 53.7 cm³/mol. The molecule has 5 nitrogen and oxygen atoms in total. The van der Waals surface area contributed by atoms with Gasteiger partial charge in [-0.1, -0.05) is 11.3 Å². The Bertz CT molecular complexity index is 359. The second-order valence-electron chi connectivity index (χ2n) is 3.16. The van der Waals surface area contributed by atoms with Crippen LogP contribution >= 0.6 is 11.3 Å². The highest BCUT2D eigenvalue weighted by Gasteiger charge is 2.26. The molecule has 1 aromatic heterocycles. The van der Waals surface area contributed by atoms with Crippen molar-refractivity contribution >= 4 is 22.0 Å². The van der Waals surface area contributed by atoms with E-state index >= 15 is 0 Å². The van der Waals surface area contributed by atoms with Gasteiger partial charge in [-0.15, -0.1) is 0 Å². The number of nitrogens with zero attached hydrogens (tertiary/aromatic N) is 2. The number of hydrogen-bond donors (Lipinski definition) is 1. The lowest BCUT2D eigenvalue weighted by atomic mass is 10.2. The summed E-state index contributed by atoms with van der Waals surface area (Å²) in [5, 5.41) is 19.7. The first-order valence-corrected chi connectivity index (χ1v) is 5.17. The molecule has 0 spiro atoms. The Morgan fingerprint density at radius 3 is 2.79 bits per heavy atom. The molecule has 0 unspecified atom stereocenters. The largest absolute Gasteiger partial charge is 0.391 e. The second-order valence-corrected chi connectivity index (χ2v) is 4.27. The molecule has 1 saturated heterocycles. The van der Waals surface area contributed by atoms with E-state index in [0.29, 0.717) is 10.6 Å². The molecule has 14 heavy (non-hydrogen) atoms. The fraction of sp³-hybridized carbons (Fsp3) is 0.500. The van der Waals surface area contributed by atoms with Crippen molar-refractivity contribution in [2.45, 2.75) is 13.0 Å². The van der Waals surface area contributed by atoms with Gasteiger partial charge in [0.05, 0.1) is 11.5 Å². The molecular formula is C8H10N2O3S. The normalized spacial score (nSPS) is 15.4. The SMILES string of the molecule is O=[N+]([O-])c1sc(CO)cc1N1CCC1. The van der Waals surface area contributed by atoms with Gasteiger partial charge < -0.3 is 10.0 Å². The highest BCUT2D eigenvalue weighted by molar-refractivity contribution is 7.16. The van der Waals surface area contributed by atoms with E-state index in [9.17, 15) is 10.1 Å². The third kappa shape index (κ3) is 1.46. The molecular weight excluding hydrogens is 204 g/mol. The topological polar surface area (TPSA) is 66.6 Å². The molecule has 0 saturated carbocycles. The molecule has 0 aliphatic carbocycles. The average Bonchev–Trinajstić information content (AvgIpc) is 2.45. The lowest BCUT2D eigenvalue weighted by molar-refractivity contribution is -0.379. The maximum Gasteiger partial charge on any atom is 0.347 e. The molecule has 0 radical (unpaired) electrons. The van der Waals surface area contributed by atoms with Gasteiger partial charge >= 0.3 is 5.00 Å². The predicted octanol–water partition coefficient (Wildman–Crippen LogP) is 1.36. The van der Waals surface area contributed by atoms with Crippen molar-refractivity contribution in [3.8, 4) is 0 Å². The van der Waals surface area contributed by atoms with Crippen molar-refractivity contribution in [2.75, 3.05) is 18.0 Å². The summed E-state index contributed by atoms with van der Waals surface area (Å²) >= 11 is 1.05. The molecule has 76 valence electrons. The number of aliphatic hydroxyl groups is 1. The number of hydrogen-bond acceptors (Lipinski definition) is 5. The fourth-order valence-corrected chi connectivity index (χ4v) is 2.26. The van der Waals surface area contributed by atoms with E-state index in [1.165, 1.54) is 0 Å². The third-order valence-corrected chi connectivity index (χ3v) is 3.32. The van der Waals surface area contributed by atoms with Crippen LogP contribution in [0.4, 0.5) is 10.7 Å². The number of anilines is 1. The van der Waals surface area contributed by atoms with Crippen LogP contribution < -0.4 is 4.90 Å². The molecule has 0 bridgehead atoms. The lowest BCUT2D eigenvalue weighted by Crippen LogP contribution is -2.36. The van der Waals surface area contributed by atoms with Crippen LogP contribution in [0, 0.1) is 10.1 Å². The van der Waals surface area contributed by atoms with E-state index < -0.39 is 0 Å². The molecule has 1 aliphatic heterocycles. The van der Waals surface area contributed by atoms with Gasteiger partial charge in [0.25, 0.3) is 0 Å². The van der Waals surface area contributed by atoms with E-state index in [1.54, 1.807) is 6.07 Å². The number of nitro groups is 1. The summed E-state index contributed by atoms with van der Waals surface area (Å²) in [5.74, 6) is 0. The van der Waals surface area contributed by atoms with Gasteiger partial charge in [-0.05, 0) is 12.5 Å². The lowest BCUT2D eigenvalue weighted by Gasteiger charge is -2.31. The van der Waals surface area contributed by atoms with E-state index in [1.807, 2.05) is 4.90 Å².